The molecule has 4 aromatic carbocycles. The third-order valence-corrected chi connectivity index (χ3v) is 8.42. The highest BCUT2D eigenvalue weighted by Gasteiger charge is 2.40. The predicted molar refractivity (Wildman–Crippen MR) is 166 cm³/mol. The van der Waals surface area contributed by atoms with Gasteiger partial charge in [-0.1, -0.05) is 48.5 Å². The molecule has 0 spiro atoms. The van der Waals surface area contributed by atoms with Crippen molar-refractivity contribution in [2.24, 2.45) is 0 Å². The first-order chi connectivity index (χ1) is 22.2. The minimum Gasteiger partial charge on any atom is -0.491 e. The van der Waals surface area contributed by atoms with Crippen molar-refractivity contribution in [2.75, 3.05) is 52.9 Å². The molecule has 0 amide bonds. The Labute approximate surface area is 262 Å². The molecule has 4 saturated heterocycles. The van der Waals surface area contributed by atoms with Crippen molar-refractivity contribution in [2.45, 2.75) is 29.8 Å². The Balaban J connectivity index is 1.28. The molecule has 4 unspecified atom stereocenters. The summed E-state index contributed by atoms with van der Waals surface area (Å²) in [5.74, 6) is 3.12. The van der Waals surface area contributed by atoms with Crippen LogP contribution in [0.25, 0.3) is 0 Å². The maximum atomic E-state index is 6.22. The predicted octanol–water partition coefficient (Wildman–Crippen LogP) is 5.18. The zero-order valence-corrected chi connectivity index (χ0v) is 25.0. The summed E-state index contributed by atoms with van der Waals surface area (Å²) < 4.78 is 46.5. The molecule has 4 aromatic rings. The van der Waals surface area contributed by atoms with Crippen molar-refractivity contribution in [1.82, 2.24) is 0 Å². The number of rotatable bonds is 16. The molecule has 8 nitrogen and oxygen atoms in total. The monoisotopic (exact) mass is 608 g/mol. The molecule has 8 rings (SSSR count). The maximum Gasteiger partial charge on any atom is 0.119 e. The van der Waals surface area contributed by atoms with E-state index in [1.165, 1.54) is 0 Å². The summed E-state index contributed by atoms with van der Waals surface area (Å²) in [4.78, 5) is 0. The van der Waals surface area contributed by atoms with Gasteiger partial charge in [0.1, 0.15) is 73.8 Å². The first-order valence-electron chi connectivity index (χ1n) is 15.6. The van der Waals surface area contributed by atoms with Crippen LogP contribution in [0.15, 0.2) is 97.1 Å². The highest BCUT2D eigenvalue weighted by Crippen LogP contribution is 2.48. The van der Waals surface area contributed by atoms with Gasteiger partial charge in [-0.15, -0.1) is 0 Å². The van der Waals surface area contributed by atoms with Crippen LogP contribution < -0.4 is 18.9 Å². The van der Waals surface area contributed by atoms with E-state index in [1.807, 2.05) is 48.5 Å². The fourth-order valence-electron chi connectivity index (χ4n) is 5.69. The van der Waals surface area contributed by atoms with E-state index in [-0.39, 0.29) is 24.4 Å². The Morgan fingerprint density at radius 2 is 0.667 bits per heavy atom. The van der Waals surface area contributed by atoms with Crippen LogP contribution in [0.4, 0.5) is 0 Å². The van der Waals surface area contributed by atoms with E-state index in [0.29, 0.717) is 26.4 Å². The zero-order chi connectivity index (χ0) is 30.1. The third-order valence-electron chi connectivity index (χ3n) is 8.42. The number of hydrogen-bond donors (Lipinski definition) is 0. The molecular weight excluding hydrogens is 572 g/mol. The summed E-state index contributed by atoms with van der Waals surface area (Å²) in [7, 11) is 0. The second-order valence-corrected chi connectivity index (χ2v) is 11.9. The SMILES string of the molecule is c1cc(OCC2CO2)cc(C(c2cccc(OCC3CO3)c2)(c2cccc(OCC3CO3)c2)c2cccc(OCC3CO3)c2)c1. The Morgan fingerprint density at radius 3 is 0.889 bits per heavy atom. The molecule has 4 aliphatic rings. The number of hydrogen-bond acceptors (Lipinski definition) is 8. The molecule has 0 aromatic heterocycles. The van der Waals surface area contributed by atoms with Crippen molar-refractivity contribution >= 4 is 0 Å². The summed E-state index contributed by atoms with van der Waals surface area (Å²) in [6, 6.07) is 33.3. The molecule has 4 fully saturated rings. The van der Waals surface area contributed by atoms with Crippen molar-refractivity contribution in [1.29, 1.82) is 0 Å². The number of epoxide rings is 4. The van der Waals surface area contributed by atoms with E-state index in [2.05, 4.69) is 48.5 Å². The second kappa shape index (κ2) is 12.4. The maximum absolute atomic E-state index is 6.22. The molecule has 8 heteroatoms. The molecule has 0 bridgehead atoms. The van der Waals surface area contributed by atoms with Gasteiger partial charge in [-0.2, -0.15) is 0 Å². The Kier molecular flexibility index (Phi) is 7.81. The molecule has 0 saturated carbocycles. The highest BCUT2D eigenvalue weighted by molar-refractivity contribution is 5.63. The van der Waals surface area contributed by atoms with Gasteiger partial charge >= 0.3 is 0 Å². The van der Waals surface area contributed by atoms with E-state index in [0.717, 1.165) is 71.7 Å². The lowest BCUT2D eigenvalue weighted by Crippen LogP contribution is -2.31. The van der Waals surface area contributed by atoms with Crippen LogP contribution in [0, 0.1) is 0 Å². The highest BCUT2D eigenvalue weighted by atomic mass is 16.6. The molecule has 0 radical (unpaired) electrons. The van der Waals surface area contributed by atoms with Gasteiger partial charge in [-0.05, 0) is 70.8 Å². The normalized spacial score (nSPS) is 23.8. The van der Waals surface area contributed by atoms with Gasteiger partial charge in [0.05, 0.1) is 31.8 Å². The number of benzene rings is 4. The van der Waals surface area contributed by atoms with Gasteiger partial charge in [-0.25, -0.2) is 0 Å². The molecular formula is C37H36O8. The lowest BCUT2D eigenvalue weighted by molar-refractivity contribution is 0.261. The van der Waals surface area contributed by atoms with E-state index < -0.39 is 5.41 Å². The average molecular weight is 609 g/mol. The van der Waals surface area contributed by atoms with Crippen LogP contribution >= 0.6 is 0 Å². The topological polar surface area (TPSA) is 87.0 Å². The molecule has 0 aliphatic carbocycles. The van der Waals surface area contributed by atoms with Crippen molar-refractivity contribution in [3.05, 3.63) is 119 Å². The summed E-state index contributed by atoms with van der Waals surface area (Å²) in [5.41, 5.74) is 3.33. The summed E-state index contributed by atoms with van der Waals surface area (Å²) >= 11 is 0. The zero-order valence-electron chi connectivity index (χ0n) is 25.0. The van der Waals surface area contributed by atoms with Crippen LogP contribution in [0.1, 0.15) is 22.3 Å². The van der Waals surface area contributed by atoms with E-state index in [9.17, 15) is 0 Å². The first kappa shape index (κ1) is 28.4. The van der Waals surface area contributed by atoms with Crippen LogP contribution in [-0.4, -0.2) is 77.3 Å². The second-order valence-electron chi connectivity index (χ2n) is 11.9. The Bertz CT molecular complexity index is 1380. The van der Waals surface area contributed by atoms with Crippen LogP contribution in [0.5, 0.6) is 23.0 Å². The Hall–Kier alpha value is -4.08. The van der Waals surface area contributed by atoms with Gasteiger partial charge in [-0.3, -0.25) is 0 Å². The smallest absolute Gasteiger partial charge is 0.119 e. The molecule has 4 heterocycles. The van der Waals surface area contributed by atoms with Gasteiger partial charge in [0.15, 0.2) is 0 Å². The molecule has 4 aliphatic heterocycles. The average Bonchev–Trinajstić information content (AvgIpc) is 3.90. The summed E-state index contributed by atoms with van der Waals surface area (Å²) in [6.07, 6.45) is 0.597. The molecule has 232 valence electrons. The van der Waals surface area contributed by atoms with Crippen molar-refractivity contribution in [3.8, 4) is 23.0 Å². The quantitative estimate of drug-likeness (QED) is 0.127. The van der Waals surface area contributed by atoms with Crippen molar-refractivity contribution in [3.63, 3.8) is 0 Å². The van der Waals surface area contributed by atoms with Gasteiger partial charge < -0.3 is 37.9 Å². The molecule has 45 heavy (non-hydrogen) atoms. The van der Waals surface area contributed by atoms with Crippen LogP contribution in [0.2, 0.25) is 0 Å². The van der Waals surface area contributed by atoms with Gasteiger partial charge in [0.2, 0.25) is 0 Å². The fraction of sp³-hybridized carbons (Fsp3) is 0.351. The van der Waals surface area contributed by atoms with Crippen LogP contribution in [-0.2, 0) is 24.4 Å². The standard InChI is InChI=1S/C37H36O8/c1-5-25(13-29(9-1)38-17-33-21-42-33)37(26-6-2-10-30(14-26)39-18-34-22-43-34,27-7-3-11-31(15-27)40-19-35-23-44-35)28-8-4-12-32(16-28)41-20-36-24-45-36/h1-16,33-36H,17-24H2. The number of ether oxygens (including phenoxy) is 8. The van der Waals surface area contributed by atoms with Crippen molar-refractivity contribution < 1.29 is 37.9 Å². The van der Waals surface area contributed by atoms with E-state index >= 15 is 0 Å². The lowest BCUT2D eigenvalue weighted by Gasteiger charge is -2.37. The summed E-state index contributed by atoms with van der Waals surface area (Å²) in [5, 5.41) is 0. The van der Waals surface area contributed by atoms with Gasteiger partial charge in [0.25, 0.3) is 0 Å². The summed E-state index contributed by atoms with van der Waals surface area (Å²) in [6.45, 7) is 5.01. The minimum atomic E-state index is -0.796. The first-order valence-corrected chi connectivity index (χ1v) is 15.6. The molecule has 0 N–H and O–H groups in total. The molecule has 4 atom stereocenters. The fourth-order valence-corrected chi connectivity index (χ4v) is 5.69. The third kappa shape index (κ3) is 6.79. The minimum absolute atomic E-state index is 0.149. The van der Waals surface area contributed by atoms with E-state index in [1.54, 1.807) is 0 Å². The van der Waals surface area contributed by atoms with Crippen LogP contribution in [0.3, 0.4) is 0 Å². The Morgan fingerprint density at radius 1 is 0.422 bits per heavy atom. The van der Waals surface area contributed by atoms with E-state index in [4.69, 9.17) is 37.9 Å². The van der Waals surface area contributed by atoms with Gasteiger partial charge in [0, 0.05) is 0 Å². The largest absolute Gasteiger partial charge is 0.491 e. The lowest BCUT2D eigenvalue weighted by atomic mass is 9.65.